The summed E-state index contributed by atoms with van der Waals surface area (Å²) in [5, 5.41) is 7.55. The molecule has 5 aromatic rings. The smallest absolute Gasteiger partial charge is 0.228 e. The van der Waals surface area contributed by atoms with Crippen molar-refractivity contribution in [2.75, 3.05) is 12.4 Å². The Morgan fingerprint density at radius 3 is 2.03 bits per heavy atom. The lowest BCUT2D eigenvalue weighted by Gasteiger charge is -2.14. The summed E-state index contributed by atoms with van der Waals surface area (Å²) in [5.41, 5.74) is 2.75. The molecular formula is C30H25NO3. The predicted molar refractivity (Wildman–Crippen MR) is 138 cm³/mol. The Morgan fingerprint density at radius 2 is 1.32 bits per heavy atom. The molecule has 0 heterocycles. The van der Waals surface area contributed by atoms with Gasteiger partial charge in [-0.05, 0) is 44.8 Å². The van der Waals surface area contributed by atoms with Gasteiger partial charge in [-0.1, -0.05) is 84.9 Å². The molecule has 0 atom stereocenters. The van der Waals surface area contributed by atoms with E-state index in [1.54, 1.807) is 7.11 Å². The molecule has 0 aromatic heterocycles. The Hall–Kier alpha value is -4.31. The Labute approximate surface area is 198 Å². The highest BCUT2D eigenvalue weighted by Crippen LogP contribution is 2.32. The lowest BCUT2D eigenvalue weighted by Crippen LogP contribution is -2.14. The number of benzene rings is 5. The predicted octanol–water partition coefficient (Wildman–Crippen LogP) is 6.76. The van der Waals surface area contributed by atoms with Gasteiger partial charge in [-0.2, -0.15) is 0 Å². The minimum Gasteiger partial charge on any atom is -0.493 e. The van der Waals surface area contributed by atoms with E-state index in [2.05, 4.69) is 41.7 Å². The van der Waals surface area contributed by atoms with Crippen molar-refractivity contribution in [1.29, 1.82) is 0 Å². The maximum Gasteiger partial charge on any atom is 0.228 e. The summed E-state index contributed by atoms with van der Waals surface area (Å²) in [6.45, 7) is 0.394. The van der Waals surface area contributed by atoms with Crippen LogP contribution in [0, 0.1) is 0 Å². The molecular weight excluding hydrogens is 422 g/mol. The highest BCUT2D eigenvalue weighted by atomic mass is 16.5. The molecule has 1 N–H and O–H groups in total. The number of carbonyl (C=O) groups excluding carboxylic acids is 1. The van der Waals surface area contributed by atoms with Crippen LogP contribution in [0.2, 0.25) is 0 Å². The topological polar surface area (TPSA) is 47.6 Å². The molecule has 5 aromatic carbocycles. The van der Waals surface area contributed by atoms with Gasteiger partial charge in [-0.3, -0.25) is 4.79 Å². The molecule has 0 spiro atoms. The third-order valence-electron chi connectivity index (χ3n) is 5.94. The molecule has 0 radical (unpaired) electrons. The highest BCUT2D eigenvalue weighted by molar-refractivity contribution is 5.96. The number of carbonyl (C=O) groups is 1. The van der Waals surface area contributed by atoms with Gasteiger partial charge in [0, 0.05) is 11.8 Å². The van der Waals surface area contributed by atoms with E-state index in [0.29, 0.717) is 30.2 Å². The number of hydrogen-bond acceptors (Lipinski definition) is 3. The summed E-state index contributed by atoms with van der Waals surface area (Å²) in [7, 11) is 1.61. The summed E-state index contributed by atoms with van der Waals surface area (Å²) in [6.07, 6.45) is 0.291. The van der Waals surface area contributed by atoms with Gasteiger partial charge in [-0.15, -0.1) is 0 Å². The molecule has 5 rings (SSSR count). The van der Waals surface area contributed by atoms with E-state index in [1.807, 2.05) is 66.7 Å². The third-order valence-corrected chi connectivity index (χ3v) is 5.94. The number of hydrogen-bond donors (Lipinski definition) is 1. The molecule has 4 heteroatoms. The summed E-state index contributed by atoms with van der Waals surface area (Å²) in [5.74, 6) is 1.12. The van der Waals surface area contributed by atoms with Gasteiger partial charge in [0.15, 0.2) is 11.5 Å². The Morgan fingerprint density at radius 1 is 0.706 bits per heavy atom. The molecule has 0 saturated carbocycles. The first-order valence-electron chi connectivity index (χ1n) is 11.3. The van der Waals surface area contributed by atoms with E-state index >= 15 is 0 Å². The Bertz CT molecular complexity index is 1460. The van der Waals surface area contributed by atoms with Gasteiger partial charge in [0.25, 0.3) is 0 Å². The van der Waals surface area contributed by atoms with Crippen molar-refractivity contribution in [3.8, 4) is 11.5 Å². The molecule has 0 aliphatic rings. The summed E-state index contributed by atoms with van der Waals surface area (Å²) in [4.78, 5) is 12.8. The van der Waals surface area contributed by atoms with Crippen LogP contribution in [0.4, 0.5) is 5.69 Å². The summed E-state index contributed by atoms with van der Waals surface area (Å²) < 4.78 is 11.6. The second-order valence-corrected chi connectivity index (χ2v) is 8.16. The van der Waals surface area contributed by atoms with Crippen LogP contribution in [0.15, 0.2) is 103 Å². The van der Waals surface area contributed by atoms with E-state index in [-0.39, 0.29) is 5.91 Å². The van der Waals surface area contributed by atoms with E-state index in [0.717, 1.165) is 27.3 Å². The fourth-order valence-corrected chi connectivity index (χ4v) is 4.27. The van der Waals surface area contributed by atoms with Crippen molar-refractivity contribution in [1.82, 2.24) is 0 Å². The van der Waals surface area contributed by atoms with Crippen LogP contribution in [0.1, 0.15) is 11.1 Å². The number of anilines is 1. The molecule has 168 valence electrons. The maximum absolute atomic E-state index is 12.8. The zero-order chi connectivity index (χ0) is 23.3. The average Bonchev–Trinajstić information content (AvgIpc) is 2.88. The van der Waals surface area contributed by atoms with Crippen LogP contribution in [0.5, 0.6) is 11.5 Å². The third kappa shape index (κ3) is 4.57. The lowest BCUT2D eigenvalue weighted by atomic mass is 10.0. The largest absolute Gasteiger partial charge is 0.493 e. The number of nitrogens with one attached hydrogen (secondary N) is 1. The van der Waals surface area contributed by atoms with Crippen LogP contribution in [-0.2, 0) is 17.8 Å². The van der Waals surface area contributed by atoms with E-state index < -0.39 is 0 Å². The molecule has 34 heavy (non-hydrogen) atoms. The minimum atomic E-state index is -0.0819. The Kier molecular flexibility index (Phi) is 6.13. The van der Waals surface area contributed by atoms with Gasteiger partial charge in [0.05, 0.1) is 13.5 Å². The number of rotatable bonds is 7. The number of amides is 1. The molecule has 0 unspecified atom stereocenters. The molecule has 0 bridgehead atoms. The second-order valence-electron chi connectivity index (χ2n) is 8.16. The van der Waals surface area contributed by atoms with Gasteiger partial charge in [0.2, 0.25) is 5.91 Å². The van der Waals surface area contributed by atoms with E-state index in [1.165, 1.54) is 5.39 Å². The van der Waals surface area contributed by atoms with Crippen LogP contribution in [0.25, 0.3) is 21.5 Å². The van der Waals surface area contributed by atoms with Crippen LogP contribution >= 0.6 is 0 Å². The number of ether oxygens (including phenoxy) is 2. The first-order chi connectivity index (χ1) is 16.7. The Balaban J connectivity index is 1.33. The highest BCUT2D eigenvalue weighted by Gasteiger charge is 2.11. The second kappa shape index (κ2) is 9.67. The average molecular weight is 448 g/mol. The first kappa shape index (κ1) is 21.5. The summed E-state index contributed by atoms with van der Waals surface area (Å²) in [6, 6.07) is 34.0. The van der Waals surface area contributed by atoms with Crippen LogP contribution in [-0.4, -0.2) is 13.0 Å². The molecule has 4 nitrogen and oxygen atoms in total. The number of fused-ring (bicyclic) bond motifs is 2. The van der Waals surface area contributed by atoms with Gasteiger partial charge >= 0.3 is 0 Å². The zero-order valence-electron chi connectivity index (χ0n) is 19.0. The normalized spacial score (nSPS) is 10.9. The molecule has 0 aliphatic carbocycles. The van der Waals surface area contributed by atoms with Gasteiger partial charge in [0.1, 0.15) is 6.61 Å². The first-order valence-corrected chi connectivity index (χ1v) is 11.3. The van der Waals surface area contributed by atoms with Gasteiger partial charge in [-0.25, -0.2) is 0 Å². The van der Waals surface area contributed by atoms with Crippen molar-refractivity contribution >= 4 is 33.1 Å². The van der Waals surface area contributed by atoms with Gasteiger partial charge < -0.3 is 14.8 Å². The van der Waals surface area contributed by atoms with Crippen molar-refractivity contribution < 1.29 is 14.3 Å². The van der Waals surface area contributed by atoms with Crippen LogP contribution < -0.4 is 14.8 Å². The van der Waals surface area contributed by atoms with Crippen molar-refractivity contribution in [3.63, 3.8) is 0 Å². The van der Waals surface area contributed by atoms with Crippen molar-refractivity contribution in [2.45, 2.75) is 13.0 Å². The maximum atomic E-state index is 12.8. The van der Waals surface area contributed by atoms with Crippen molar-refractivity contribution in [2.24, 2.45) is 0 Å². The van der Waals surface area contributed by atoms with Crippen LogP contribution in [0.3, 0.4) is 0 Å². The quantitative estimate of drug-likeness (QED) is 0.300. The minimum absolute atomic E-state index is 0.0819. The molecule has 0 saturated heterocycles. The SMILES string of the molecule is COc1ccc(NC(=O)Cc2cccc3ccccc23)cc1OCc1cccc2ccccc12. The molecule has 0 aliphatic heterocycles. The zero-order valence-corrected chi connectivity index (χ0v) is 19.0. The van der Waals surface area contributed by atoms with E-state index in [4.69, 9.17) is 9.47 Å². The molecule has 0 fully saturated rings. The lowest BCUT2D eigenvalue weighted by molar-refractivity contribution is -0.115. The number of methoxy groups -OCH3 is 1. The fourth-order valence-electron chi connectivity index (χ4n) is 4.27. The van der Waals surface area contributed by atoms with E-state index in [9.17, 15) is 4.79 Å². The van der Waals surface area contributed by atoms with Crippen molar-refractivity contribution in [3.05, 3.63) is 114 Å². The standard InChI is InChI=1S/C30H25NO3/c1-33-28-17-16-25(31-30(32)18-23-12-6-10-21-8-2-4-14-26(21)23)19-29(28)34-20-24-13-7-11-22-9-3-5-15-27(22)24/h2-17,19H,18,20H2,1H3,(H,31,32). The summed E-state index contributed by atoms with van der Waals surface area (Å²) >= 11 is 0. The molecule has 1 amide bonds. The fraction of sp³-hybridized carbons (Fsp3) is 0.100. The monoisotopic (exact) mass is 447 g/mol.